The van der Waals surface area contributed by atoms with E-state index >= 15 is 0 Å². The number of hydrogen-bond donors (Lipinski definition) is 0. The molecule has 0 aliphatic rings. The summed E-state index contributed by atoms with van der Waals surface area (Å²) in [6.45, 7) is 0.251. The Hall–Kier alpha value is -1.75. The second-order valence-corrected chi connectivity index (χ2v) is 3.70. The van der Waals surface area contributed by atoms with Crippen LogP contribution in [0.4, 0.5) is 4.39 Å². The maximum atomic E-state index is 13.6. The number of ether oxygens (including phenoxy) is 2. The Morgan fingerprint density at radius 2 is 2.00 bits per heavy atom. The van der Waals surface area contributed by atoms with Crippen LogP contribution in [0.5, 0.6) is 5.75 Å². The number of halogens is 1. The van der Waals surface area contributed by atoms with Crippen molar-refractivity contribution in [3.63, 3.8) is 0 Å². The molecule has 0 saturated carbocycles. The van der Waals surface area contributed by atoms with Crippen molar-refractivity contribution in [2.75, 3.05) is 20.8 Å². The summed E-state index contributed by atoms with van der Waals surface area (Å²) in [5.74, 6) is -1.41. The van der Waals surface area contributed by atoms with E-state index in [-0.39, 0.29) is 36.5 Å². The number of carbonyl (C=O) groups is 2. The van der Waals surface area contributed by atoms with Crippen LogP contribution in [0.2, 0.25) is 0 Å². The number of benzene rings is 1. The summed E-state index contributed by atoms with van der Waals surface area (Å²) in [5, 5.41) is 0. The van der Waals surface area contributed by atoms with Crippen molar-refractivity contribution in [3.05, 3.63) is 29.6 Å². The molecule has 1 rings (SSSR count). The molecule has 98 valence electrons. The Kier molecular flexibility index (Phi) is 5.45. The summed E-state index contributed by atoms with van der Waals surface area (Å²) < 4.78 is 23.2. The zero-order valence-electron chi connectivity index (χ0n) is 10.4. The molecule has 0 saturated heterocycles. The molecule has 5 heteroatoms. The highest BCUT2D eigenvalue weighted by Gasteiger charge is 2.19. The molecular formula is C13H15FO4. The van der Waals surface area contributed by atoms with E-state index in [1.807, 2.05) is 0 Å². The number of hydrogen-bond acceptors (Lipinski definition) is 4. The van der Waals surface area contributed by atoms with E-state index in [1.54, 1.807) is 0 Å². The second kappa shape index (κ2) is 6.86. The zero-order valence-corrected chi connectivity index (χ0v) is 10.4. The third kappa shape index (κ3) is 3.63. The third-order valence-electron chi connectivity index (χ3n) is 2.42. The van der Waals surface area contributed by atoms with Crippen molar-refractivity contribution in [3.8, 4) is 5.75 Å². The van der Waals surface area contributed by atoms with Gasteiger partial charge < -0.3 is 9.47 Å². The molecule has 0 aliphatic carbocycles. The highest BCUT2D eigenvalue weighted by atomic mass is 19.1. The normalized spacial score (nSPS) is 10.2. The highest BCUT2D eigenvalue weighted by Crippen LogP contribution is 2.22. The first-order valence-corrected chi connectivity index (χ1v) is 5.46. The van der Waals surface area contributed by atoms with Crippen LogP contribution in [0.1, 0.15) is 23.2 Å². The van der Waals surface area contributed by atoms with Gasteiger partial charge in [0.05, 0.1) is 25.7 Å². The van der Waals surface area contributed by atoms with Crippen LogP contribution < -0.4 is 4.74 Å². The molecule has 0 spiro atoms. The van der Waals surface area contributed by atoms with Gasteiger partial charge in [-0.3, -0.25) is 9.59 Å². The minimum Gasteiger partial charge on any atom is -0.496 e. The molecule has 1 aromatic rings. The largest absolute Gasteiger partial charge is 0.496 e. The number of Topliss-reactive ketones (excluding diaryl/α,β-unsaturated/α-hetero) is 2. The number of methoxy groups -OCH3 is 2. The summed E-state index contributed by atoms with van der Waals surface area (Å²) in [7, 11) is 2.81. The Bertz CT molecular complexity index is 443. The van der Waals surface area contributed by atoms with Crippen molar-refractivity contribution < 1.29 is 23.5 Å². The van der Waals surface area contributed by atoms with Crippen LogP contribution in [-0.2, 0) is 9.53 Å². The first kappa shape index (κ1) is 14.3. The van der Waals surface area contributed by atoms with E-state index in [9.17, 15) is 14.0 Å². The lowest BCUT2D eigenvalue weighted by Crippen LogP contribution is -2.12. The molecule has 0 unspecified atom stereocenters. The minimum absolute atomic E-state index is 0.138. The van der Waals surface area contributed by atoms with Crippen LogP contribution in [-0.4, -0.2) is 32.4 Å². The van der Waals surface area contributed by atoms with Crippen LogP contribution in [0.15, 0.2) is 18.2 Å². The van der Waals surface area contributed by atoms with Crippen molar-refractivity contribution in [1.29, 1.82) is 0 Å². The van der Waals surface area contributed by atoms with E-state index < -0.39 is 11.6 Å². The molecular weight excluding hydrogens is 239 g/mol. The van der Waals surface area contributed by atoms with Crippen LogP contribution in [0, 0.1) is 5.82 Å². The molecule has 0 aliphatic heterocycles. The molecule has 18 heavy (non-hydrogen) atoms. The average molecular weight is 254 g/mol. The zero-order chi connectivity index (χ0) is 13.5. The first-order chi connectivity index (χ1) is 8.60. The lowest BCUT2D eigenvalue weighted by Gasteiger charge is -2.08. The fourth-order valence-electron chi connectivity index (χ4n) is 1.52. The third-order valence-corrected chi connectivity index (χ3v) is 2.42. The predicted octanol–water partition coefficient (Wildman–Crippen LogP) is 2.01. The van der Waals surface area contributed by atoms with Crippen molar-refractivity contribution in [1.82, 2.24) is 0 Å². The fraction of sp³-hybridized carbons (Fsp3) is 0.385. The van der Waals surface area contributed by atoms with Gasteiger partial charge in [0.2, 0.25) is 0 Å². The minimum atomic E-state index is -0.682. The molecule has 0 amide bonds. The van der Waals surface area contributed by atoms with Gasteiger partial charge in [0, 0.05) is 13.5 Å². The van der Waals surface area contributed by atoms with Crippen molar-refractivity contribution >= 4 is 11.6 Å². The topological polar surface area (TPSA) is 52.6 Å². The Morgan fingerprint density at radius 3 is 2.61 bits per heavy atom. The highest BCUT2D eigenvalue weighted by molar-refractivity contribution is 6.09. The Labute approximate surface area is 105 Å². The smallest absolute Gasteiger partial charge is 0.176 e. The van der Waals surface area contributed by atoms with E-state index in [4.69, 9.17) is 9.47 Å². The van der Waals surface area contributed by atoms with Crippen LogP contribution in [0.25, 0.3) is 0 Å². The molecule has 0 atom stereocenters. The number of rotatable bonds is 7. The Balaban J connectivity index is 2.81. The number of carbonyl (C=O) groups excluding carboxylic acids is 2. The van der Waals surface area contributed by atoms with Gasteiger partial charge in [0.15, 0.2) is 5.78 Å². The van der Waals surface area contributed by atoms with Gasteiger partial charge in [-0.05, 0) is 12.1 Å². The van der Waals surface area contributed by atoms with E-state index in [2.05, 4.69) is 0 Å². The van der Waals surface area contributed by atoms with E-state index in [1.165, 1.54) is 26.4 Å². The van der Waals surface area contributed by atoms with Crippen LogP contribution >= 0.6 is 0 Å². The molecule has 0 N–H and O–H groups in total. The van der Waals surface area contributed by atoms with Gasteiger partial charge in [0.1, 0.15) is 17.3 Å². The quantitative estimate of drug-likeness (QED) is 0.551. The first-order valence-electron chi connectivity index (χ1n) is 5.46. The summed E-state index contributed by atoms with van der Waals surface area (Å²) >= 11 is 0. The fourth-order valence-corrected chi connectivity index (χ4v) is 1.52. The summed E-state index contributed by atoms with van der Waals surface area (Å²) in [4.78, 5) is 23.3. The molecule has 4 nitrogen and oxygen atoms in total. The van der Waals surface area contributed by atoms with Crippen molar-refractivity contribution in [2.24, 2.45) is 0 Å². The van der Waals surface area contributed by atoms with Crippen LogP contribution in [0.3, 0.4) is 0 Å². The van der Waals surface area contributed by atoms with Gasteiger partial charge in [0.25, 0.3) is 0 Å². The van der Waals surface area contributed by atoms with Gasteiger partial charge in [-0.15, -0.1) is 0 Å². The maximum Gasteiger partial charge on any atom is 0.176 e. The standard InChI is InChI=1S/C13H15FO4/c1-17-7-6-9(15)8-11(16)13-10(14)4-3-5-12(13)18-2/h3-5H,6-8H2,1-2H3. The van der Waals surface area contributed by atoms with E-state index in [0.717, 1.165) is 6.07 Å². The van der Waals surface area contributed by atoms with E-state index in [0.29, 0.717) is 0 Å². The summed E-state index contributed by atoms with van der Waals surface area (Å²) in [6, 6.07) is 4.09. The molecule has 0 aromatic heterocycles. The molecule has 0 fully saturated rings. The summed E-state index contributed by atoms with van der Waals surface area (Å²) in [6.07, 6.45) is -0.209. The average Bonchev–Trinajstić information content (AvgIpc) is 2.35. The molecule has 0 bridgehead atoms. The van der Waals surface area contributed by atoms with Gasteiger partial charge in [-0.2, -0.15) is 0 Å². The predicted molar refractivity (Wildman–Crippen MR) is 63.4 cm³/mol. The Morgan fingerprint density at radius 1 is 1.28 bits per heavy atom. The molecule has 0 radical (unpaired) electrons. The van der Waals surface area contributed by atoms with Crippen molar-refractivity contribution in [2.45, 2.75) is 12.8 Å². The molecule has 1 aromatic carbocycles. The maximum absolute atomic E-state index is 13.6. The SMILES string of the molecule is COCCC(=O)CC(=O)c1c(F)cccc1OC. The molecule has 0 heterocycles. The van der Waals surface area contributed by atoms with Gasteiger partial charge >= 0.3 is 0 Å². The number of ketones is 2. The lowest BCUT2D eigenvalue weighted by molar-refractivity contribution is -0.119. The summed E-state index contributed by atoms with van der Waals surface area (Å²) in [5.41, 5.74) is -0.175. The van der Waals surface area contributed by atoms with Gasteiger partial charge in [-0.1, -0.05) is 6.07 Å². The monoisotopic (exact) mass is 254 g/mol. The van der Waals surface area contributed by atoms with Gasteiger partial charge in [-0.25, -0.2) is 4.39 Å². The second-order valence-electron chi connectivity index (χ2n) is 3.70. The lowest BCUT2D eigenvalue weighted by atomic mass is 10.0.